The fourth-order valence-corrected chi connectivity index (χ4v) is 4.19. The Morgan fingerprint density at radius 3 is 2.45 bits per heavy atom. The number of aryl methyl sites for hydroxylation is 2. The van der Waals surface area contributed by atoms with Crippen molar-refractivity contribution >= 4 is 46.2 Å². The van der Waals surface area contributed by atoms with Gasteiger partial charge in [-0.15, -0.1) is 0 Å². The zero-order chi connectivity index (χ0) is 23.5. The van der Waals surface area contributed by atoms with E-state index in [1.165, 1.54) is 29.2 Å². The van der Waals surface area contributed by atoms with Crippen LogP contribution in [0.25, 0.3) is 6.08 Å². The molecule has 0 spiro atoms. The first-order valence-corrected chi connectivity index (χ1v) is 11.2. The Bertz CT molecular complexity index is 1270. The molecule has 0 saturated heterocycles. The maximum absolute atomic E-state index is 13.4. The van der Waals surface area contributed by atoms with Gasteiger partial charge in [-0.25, -0.2) is 9.38 Å². The molecule has 0 fully saturated rings. The Labute approximate surface area is 195 Å². The molecule has 7 nitrogen and oxygen atoms in total. The molecule has 0 aliphatic carbocycles. The molecule has 9 heteroatoms. The van der Waals surface area contributed by atoms with Crippen molar-refractivity contribution in [3.05, 3.63) is 83.1 Å². The summed E-state index contributed by atoms with van der Waals surface area (Å²) in [7, 11) is 1.81. The highest BCUT2D eigenvalue weighted by Gasteiger charge is 2.32. The molecule has 2 heterocycles. The maximum atomic E-state index is 13.4. The predicted octanol–water partition coefficient (Wildman–Crippen LogP) is 4.29. The van der Waals surface area contributed by atoms with Gasteiger partial charge in [-0.1, -0.05) is 42.1 Å². The van der Waals surface area contributed by atoms with Crippen LogP contribution in [-0.4, -0.2) is 32.5 Å². The number of aliphatic imine (C=N–C) groups is 1. The number of carbonyl (C=O) groups is 2. The van der Waals surface area contributed by atoms with Crippen molar-refractivity contribution in [2.75, 3.05) is 16.0 Å². The highest BCUT2D eigenvalue weighted by molar-refractivity contribution is 8.14. The van der Waals surface area contributed by atoms with E-state index >= 15 is 0 Å². The third kappa shape index (κ3) is 4.88. The topological polar surface area (TPSA) is 79.6 Å². The van der Waals surface area contributed by atoms with Crippen molar-refractivity contribution in [3.63, 3.8) is 0 Å². The lowest BCUT2D eigenvalue weighted by molar-refractivity contribution is -0.114. The number of rotatable bonds is 5. The lowest BCUT2D eigenvalue weighted by Crippen LogP contribution is -2.31. The Hall–Kier alpha value is -3.72. The molecular formula is C24H22FN5O2S. The van der Waals surface area contributed by atoms with Gasteiger partial charge < -0.3 is 5.32 Å². The second-order valence-corrected chi connectivity index (χ2v) is 8.40. The SMILES string of the molecule is Cc1nn(C)c(C)c1NC(=O)CSC1=N/C(=C\c2ccccc2)C(=O)N1c1ccc(F)cc1. The van der Waals surface area contributed by atoms with E-state index in [1.54, 1.807) is 10.8 Å². The van der Waals surface area contributed by atoms with Gasteiger partial charge in [-0.2, -0.15) is 5.10 Å². The zero-order valence-corrected chi connectivity index (χ0v) is 19.2. The summed E-state index contributed by atoms with van der Waals surface area (Å²) in [4.78, 5) is 31.7. The molecule has 0 radical (unpaired) electrons. The molecule has 1 aliphatic heterocycles. The van der Waals surface area contributed by atoms with E-state index in [1.807, 2.05) is 51.2 Å². The first-order valence-electron chi connectivity index (χ1n) is 10.2. The van der Waals surface area contributed by atoms with Crippen LogP contribution in [0, 0.1) is 19.7 Å². The van der Waals surface area contributed by atoms with E-state index in [0.29, 0.717) is 16.5 Å². The predicted molar refractivity (Wildman–Crippen MR) is 130 cm³/mol. The summed E-state index contributed by atoms with van der Waals surface area (Å²) in [6, 6.07) is 15.0. The van der Waals surface area contributed by atoms with Crippen molar-refractivity contribution in [3.8, 4) is 0 Å². The summed E-state index contributed by atoms with van der Waals surface area (Å²) < 4.78 is 15.2. The standard InChI is InChI=1S/C24H22FN5O2S/c1-15-22(16(2)29(3)28-15)27-21(31)14-33-24-26-20(13-17-7-5-4-6-8-17)23(32)30(24)19-11-9-18(25)10-12-19/h4-13H,14H2,1-3H3,(H,27,31)/b20-13-. The van der Waals surface area contributed by atoms with E-state index in [2.05, 4.69) is 15.4 Å². The number of hydrogen-bond acceptors (Lipinski definition) is 5. The molecule has 1 N–H and O–H groups in total. The molecule has 168 valence electrons. The summed E-state index contributed by atoms with van der Waals surface area (Å²) >= 11 is 1.14. The maximum Gasteiger partial charge on any atom is 0.283 e. The molecule has 0 unspecified atom stereocenters. The normalized spacial score (nSPS) is 14.7. The summed E-state index contributed by atoms with van der Waals surface area (Å²) in [5.74, 6) is -0.949. The first-order chi connectivity index (χ1) is 15.8. The molecule has 33 heavy (non-hydrogen) atoms. The summed E-state index contributed by atoms with van der Waals surface area (Å²) in [5, 5.41) is 7.53. The molecule has 2 amide bonds. The fourth-order valence-electron chi connectivity index (χ4n) is 3.38. The monoisotopic (exact) mass is 463 g/mol. The van der Waals surface area contributed by atoms with Gasteiger partial charge in [-0.3, -0.25) is 19.2 Å². The number of thioether (sulfide) groups is 1. The molecule has 4 rings (SSSR count). The second kappa shape index (κ2) is 9.41. The van der Waals surface area contributed by atoms with Gasteiger partial charge in [0.25, 0.3) is 5.91 Å². The molecule has 3 aromatic rings. The van der Waals surface area contributed by atoms with Crippen LogP contribution in [-0.2, 0) is 16.6 Å². The highest BCUT2D eigenvalue weighted by Crippen LogP contribution is 2.30. The van der Waals surface area contributed by atoms with E-state index in [9.17, 15) is 14.0 Å². The number of carbonyl (C=O) groups excluding carboxylic acids is 2. The number of amidine groups is 1. The van der Waals surface area contributed by atoms with Crippen LogP contribution in [0.3, 0.4) is 0 Å². The second-order valence-electron chi connectivity index (χ2n) is 7.46. The first kappa shape index (κ1) is 22.5. The third-order valence-electron chi connectivity index (χ3n) is 5.12. The molecule has 1 aromatic heterocycles. The van der Waals surface area contributed by atoms with Crippen molar-refractivity contribution in [2.24, 2.45) is 12.0 Å². The minimum absolute atomic E-state index is 0.0379. The zero-order valence-electron chi connectivity index (χ0n) is 18.4. The summed E-state index contributed by atoms with van der Waals surface area (Å²) in [6.45, 7) is 3.70. The number of anilines is 2. The van der Waals surface area contributed by atoms with Crippen molar-refractivity contribution in [2.45, 2.75) is 13.8 Å². The van der Waals surface area contributed by atoms with Gasteiger partial charge in [0.15, 0.2) is 5.17 Å². The third-order valence-corrected chi connectivity index (χ3v) is 6.06. The number of benzene rings is 2. The lowest BCUT2D eigenvalue weighted by atomic mass is 10.2. The van der Waals surface area contributed by atoms with E-state index in [-0.39, 0.29) is 23.3 Å². The van der Waals surface area contributed by atoms with Gasteiger partial charge in [0.05, 0.1) is 28.5 Å². The van der Waals surface area contributed by atoms with Crippen LogP contribution < -0.4 is 10.2 Å². The summed E-state index contributed by atoms with van der Waals surface area (Å²) in [6.07, 6.45) is 1.69. The van der Waals surface area contributed by atoms with Crippen LogP contribution in [0.2, 0.25) is 0 Å². The number of hydrogen-bond donors (Lipinski definition) is 1. The van der Waals surface area contributed by atoms with Crippen molar-refractivity contribution in [1.82, 2.24) is 9.78 Å². The quantitative estimate of drug-likeness (QED) is 0.573. The van der Waals surface area contributed by atoms with Gasteiger partial charge >= 0.3 is 0 Å². The van der Waals surface area contributed by atoms with Crippen LogP contribution in [0.1, 0.15) is 17.0 Å². The van der Waals surface area contributed by atoms with Crippen LogP contribution >= 0.6 is 11.8 Å². The van der Waals surface area contributed by atoms with Gasteiger partial charge in [-0.05, 0) is 49.8 Å². The molecule has 1 aliphatic rings. The van der Waals surface area contributed by atoms with Crippen LogP contribution in [0.4, 0.5) is 15.8 Å². The Morgan fingerprint density at radius 2 is 1.82 bits per heavy atom. The molecule has 0 atom stereocenters. The summed E-state index contributed by atoms with van der Waals surface area (Å²) in [5.41, 5.74) is 3.79. The largest absolute Gasteiger partial charge is 0.322 e. The van der Waals surface area contributed by atoms with Crippen molar-refractivity contribution < 1.29 is 14.0 Å². The molecule has 0 saturated carbocycles. The number of amides is 2. The average molecular weight is 464 g/mol. The number of nitrogens with zero attached hydrogens (tertiary/aromatic N) is 4. The molecule has 2 aromatic carbocycles. The lowest BCUT2D eigenvalue weighted by Gasteiger charge is -2.17. The van der Waals surface area contributed by atoms with Gasteiger partial charge in [0.2, 0.25) is 5.91 Å². The van der Waals surface area contributed by atoms with E-state index < -0.39 is 5.82 Å². The fraction of sp³-hybridized carbons (Fsp3) is 0.167. The Balaban J connectivity index is 1.57. The van der Waals surface area contributed by atoms with E-state index in [0.717, 1.165) is 28.7 Å². The molecule has 0 bridgehead atoms. The molecular weight excluding hydrogens is 441 g/mol. The van der Waals surface area contributed by atoms with Gasteiger partial charge in [0, 0.05) is 7.05 Å². The minimum Gasteiger partial charge on any atom is -0.322 e. The Morgan fingerprint density at radius 1 is 1.12 bits per heavy atom. The van der Waals surface area contributed by atoms with Crippen LogP contribution in [0.15, 0.2) is 65.3 Å². The number of aromatic nitrogens is 2. The highest BCUT2D eigenvalue weighted by atomic mass is 32.2. The average Bonchev–Trinajstić information content (AvgIpc) is 3.23. The number of halogens is 1. The smallest absolute Gasteiger partial charge is 0.283 e. The van der Waals surface area contributed by atoms with E-state index in [4.69, 9.17) is 0 Å². The van der Waals surface area contributed by atoms with Crippen LogP contribution in [0.5, 0.6) is 0 Å². The van der Waals surface area contributed by atoms with Gasteiger partial charge in [0.1, 0.15) is 11.5 Å². The minimum atomic E-state index is -0.404. The number of nitrogens with one attached hydrogen (secondary N) is 1. The Kier molecular flexibility index (Phi) is 6.41. The van der Waals surface area contributed by atoms with Crippen molar-refractivity contribution in [1.29, 1.82) is 0 Å².